The zero-order valence-electron chi connectivity index (χ0n) is 21.9. The number of anilines is 1. The summed E-state index contributed by atoms with van der Waals surface area (Å²) in [6, 6.07) is 24.5. The summed E-state index contributed by atoms with van der Waals surface area (Å²) < 4.78 is 10.0. The van der Waals surface area contributed by atoms with Crippen LogP contribution in [0.2, 0.25) is 0 Å². The minimum atomic E-state index is -0.837. The maximum Gasteiger partial charge on any atom is 0.338 e. The Kier molecular flexibility index (Phi) is 9.24. The third kappa shape index (κ3) is 7.10. The number of hydrazine groups is 1. The molecule has 206 valence electrons. The zero-order valence-corrected chi connectivity index (χ0v) is 21.9. The molecule has 0 saturated carbocycles. The van der Waals surface area contributed by atoms with Crippen LogP contribution in [-0.4, -0.2) is 54.4 Å². The van der Waals surface area contributed by atoms with Gasteiger partial charge in [-0.25, -0.2) is 4.79 Å². The smallest absolute Gasteiger partial charge is 0.338 e. The molecular formula is C30H29N3O7. The van der Waals surface area contributed by atoms with Crippen molar-refractivity contribution in [3.8, 4) is 0 Å². The minimum Gasteiger partial charge on any atom is -0.462 e. The number of esters is 2. The number of carbonyl (C=O) groups excluding carboxylic acids is 5. The Bertz CT molecular complexity index is 1320. The lowest BCUT2D eigenvalue weighted by Crippen LogP contribution is -2.45. The van der Waals surface area contributed by atoms with Crippen molar-refractivity contribution in [2.45, 2.75) is 19.3 Å². The van der Waals surface area contributed by atoms with Crippen LogP contribution in [-0.2, 0) is 28.7 Å². The SMILES string of the molecule is CCOC(=O)c1ccc(NC(=O)COC(=O)[C@H]2CC(=O)N(NC(=O)C(c3ccccc3)c3ccccc3)C2)cc1. The molecule has 1 saturated heterocycles. The highest BCUT2D eigenvalue weighted by atomic mass is 16.5. The van der Waals surface area contributed by atoms with E-state index in [1.54, 1.807) is 6.92 Å². The lowest BCUT2D eigenvalue weighted by Gasteiger charge is -2.23. The summed E-state index contributed by atoms with van der Waals surface area (Å²) >= 11 is 0. The van der Waals surface area contributed by atoms with Gasteiger partial charge in [0.15, 0.2) is 6.61 Å². The van der Waals surface area contributed by atoms with E-state index in [2.05, 4.69) is 10.7 Å². The monoisotopic (exact) mass is 543 g/mol. The van der Waals surface area contributed by atoms with E-state index in [4.69, 9.17) is 9.47 Å². The molecule has 0 spiro atoms. The molecule has 40 heavy (non-hydrogen) atoms. The third-order valence-electron chi connectivity index (χ3n) is 6.26. The van der Waals surface area contributed by atoms with E-state index in [-0.39, 0.29) is 19.6 Å². The average molecular weight is 544 g/mol. The van der Waals surface area contributed by atoms with Crippen molar-refractivity contribution >= 4 is 35.3 Å². The van der Waals surface area contributed by atoms with Gasteiger partial charge in [0.25, 0.3) is 11.8 Å². The number of ether oxygens (including phenoxy) is 2. The van der Waals surface area contributed by atoms with E-state index in [0.717, 1.165) is 16.1 Å². The van der Waals surface area contributed by atoms with Crippen molar-refractivity contribution in [2.75, 3.05) is 25.1 Å². The van der Waals surface area contributed by atoms with E-state index < -0.39 is 48.1 Å². The number of carbonyl (C=O) groups is 5. The van der Waals surface area contributed by atoms with Gasteiger partial charge in [-0.15, -0.1) is 0 Å². The van der Waals surface area contributed by atoms with E-state index in [1.165, 1.54) is 24.3 Å². The first-order valence-electron chi connectivity index (χ1n) is 12.8. The van der Waals surface area contributed by atoms with Crippen LogP contribution in [0.3, 0.4) is 0 Å². The number of benzene rings is 3. The van der Waals surface area contributed by atoms with Crippen molar-refractivity contribution < 1.29 is 33.4 Å². The first-order chi connectivity index (χ1) is 19.4. The average Bonchev–Trinajstić information content (AvgIpc) is 3.33. The van der Waals surface area contributed by atoms with Crippen molar-refractivity contribution in [3.05, 3.63) is 102 Å². The summed E-state index contributed by atoms with van der Waals surface area (Å²) in [6.45, 7) is 1.33. The van der Waals surface area contributed by atoms with Crippen LogP contribution in [0.4, 0.5) is 5.69 Å². The van der Waals surface area contributed by atoms with Crippen LogP contribution in [0.5, 0.6) is 0 Å². The van der Waals surface area contributed by atoms with E-state index >= 15 is 0 Å². The molecule has 10 heteroatoms. The lowest BCUT2D eigenvalue weighted by atomic mass is 9.91. The lowest BCUT2D eigenvalue weighted by molar-refractivity contribution is -0.151. The highest BCUT2D eigenvalue weighted by molar-refractivity contribution is 5.95. The summed E-state index contributed by atoms with van der Waals surface area (Å²) in [5, 5.41) is 3.69. The molecule has 0 radical (unpaired) electrons. The van der Waals surface area contributed by atoms with Crippen LogP contribution < -0.4 is 10.7 Å². The summed E-state index contributed by atoms with van der Waals surface area (Å²) in [4.78, 5) is 62.5. The molecule has 1 atom stereocenters. The fourth-order valence-electron chi connectivity index (χ4n) is 4.31. The highest BCUT2D eigenvalue weighted by Gasteiger charge is 2.37. The Morgan fingerprint density at radius 1 is 0.875 bits per heavy atom. The maximum absolute atomic E-state index is 13.3. The molecule has 1 heterocycles. The fourth-order valence-corrected chi connectivity index (χ4v) is 4.31. The quantitative estimate of drug-likeness (QED) is 0.376. The Morgan fingerprint density at radius 3 is 2.05 bits per heavy atom. The molecule has 1 aliphatic heterocycles. The zero-order chi connectivity index (χ0) is 28.5. The standard InChI is InChI=1S/C30H29N3O7/c1-2-39-29(37)22-13-15-24(16-14-22)31-25(34)19-40-30(38)23-17-26(35)33(18-23)32-28(36)27(20-9-5-3-6-10-20)21-11-7-4-8-12-21/h3-16,23,27H,2,17-19H2,1H3,(H,31,34)(H,32,36)/t23-/m0/s1. The van der Waals surface area contributed by atoms with Gasteiger partial charge in [-0.2, -0.15) is 0 Å². The second kappa shape index (κ2) is 13.2. The Labute approximate surface area is 231 Å². The van der Waals surface area contributed by atoms with Crippen molar-refractivity contribution in [1.82, 2.24) is 10.4 Å². The molecular weight excluding hydrogens is 514 g/mol. The van der Waals surface area contributed by atoms with Crippen LogP contribution in [0.15, 0.2) is 84.9 Å². The maximum atomic E-state index is 13.3. The second-order valence-electron chi connectivity index (χ2n) is 9.09. The molecule has 0 aromatic heterocycles. The van der Waals surface area contributed by atoms with E-state index in [1.807, 2.05) is 60.7 Å². The molecule has 1 fully saturated rings. The number of rotatable bonds is 10. The van der Waals surface area contributed by atoms with Crippen molar-refractivity contribution in [2.24, 2.45) is 5.92 Å². The largest absolute Gasteiger partial charge is 0.462 e. The van der Waals surface area contributed by atoms with Gasteiger partial charge >= 0.3 is 11.9 Å². The van der Waals surface area contributed by atoms with Crippen LogP contribution in [0.1, 0.15) is 40.7 Å². The van der Waals surface area contributed by atoms with Gasteiger partial charge in [0, 0.05) is 12.1 Å². The Morgan fingerprint density at radius 2 is 1.48 bits per heavy atom. The van der Waals surface area contributed by atoms with Gasteiger partial charge in [-0.3, -0.25) is 29.6 Å². The number of hydrogen-bond donors (Lipinski definition) is 2. The Balaban J connectivity index is 1.30. The number of nitrogens with zero attached hydrogens (tertiary/aromatic N) is 1. The summed E-state index contributed by atoms with van der Waals surface area (Å²) in [5.74, 6) is -4.11. The minimum absolute atomic E-state index is 0.0728. The summed E-state index contributed by atoms with van der Waals surface area (Å²) in [7, 11) is 0. The molecule has 10 nitrogen and oxygen atoms in total. The van der Waals surface area contributed by atoms with Crippen LogP contribution >= 0.6 is 0 Å². The molecule has 3 amide bonds. The predicted molar refractivity (Wildman–Crippen MR) is 145 cm³/mol. The van der Waals surface area contributed by atoms with Gasteiger partial charge in [-0.05, 0) is 42.3 Å². The topological polar surface area (TPSA) is 131 Å². The predicted octanol–water partition coefficient (Wildman–Crippen LogP) is 3.06. The summed E-state index contributed by atoms with van der Waals surface area (Å²) in [5.41, 5.74) is 4.92. The van der Waals surface area contributed by atoms with Crippen molar-refractivity contribution in [3.63, 3.8) is 0 Å². The summed E-state index contributed by atoms with van der Waals surface area (Å²) in [6.07, 6.45) is -0.155. The number of nitrogens with one attached hydrogen (secondary N) is 2. The van der Waals surface area contributed by atoms with Crippen LogP contribution in [0, 0.1) is 5.92 Å². The van der Waals surface area contributed by atoms with E-state index in [0.29, 0.717) is 11.3 Å². The van der Waals surface area contributed by atoms with Gasteiger partial charge in [0.2, 0.25) is 5.91 Å². The third-order valence-corrected chi connectivity index (χ3v) is 6.26. The number of amides is 3. The fraction of sp³-hybridized carbons (Fsp3) is 0.233. The van der Waals surface area contributed by atoms with Gasteiger partial charge in [-0.1, -0.05) is 60.7 Å². The first kappa shape index (κ1) is 28.0. The van der Waals surface area contributed by atoms with Gasteiger partial charge < -0.3 is 14.8 Å². The second-order valence-corrected chi connectivity index (χ2v) is 9.09. The Hall–Kier alpha value is -4.99. The molecule has 1 aliphatic rings. The molecule has 0 unspecified atom stereocenters. The van der Waals surface area contributed by atoms with E-state index in [9.17, 15) is 24.0 Å². The van der Waals surface area contributed by atoms with Crippen LogP contribution in [0.25, 0.3) is 0 Å². The molecule has 3 aromatic carbocycles. The molecule has 0 bridgehead atoms. The first-order valence-corrected chi connectivity index (χ1v) is 12.8. The van der Waals surface area contributed by atoms with Gasteiger partial charge in [0.1, 0.15) is 0 Å². The molecule has 4 rings (SSSR count). The normalized spacial score (nSPS) is 14.5. The number of hydrogen-bond acceptors (Lipinski definition) is 7. The molecule has 2 N–H and O–H groups in total. The van der Waals surface area contributed by atoms with Crippen molar-refractivity contribution in [1.29, 1.82) is 0 Å². The molecule has 3 aromatic rings. The van der Waals surface area contributed by atoms with Gasteiger partial charge in [0.05, 0.1) is 30.6 Å². The highest BCUT2D eigenvalue weighted by Crippen LogP contribution is 2.26. The molecule has 0 aliphatic carbocycles.